The van der Waals surface area contributed by atoms with Gasteiger partial charge in [-0.25, -0.2) is 4.58 Å². The van der Waals surface area contributed by atoms with Gasteiger partial charge in [0.1, 0.15) is 43.2 Å². The fourth-order valence-corrected chi connectivity index (χ4v) is 18.3. The number of ether oxygens (including phenoxy) is 3. The average molecular weight is 1160 g/mol. The lowest BCUT2D eigenvalue weighted by molar-refractivity contribution is -0.256. The van der Waals surface area contributed by atoms with E-state index in [1.807, 2.05) is 23.1 Å². The molecule has 13 nitrogen and oxygen atoms in total. The lowest BCUT2D eigenvalue weighted by Gasteiger charge is -2.72. The molecule has 0 bridgehead atoms. The Kier molecular flexibility index (Phi) is 17.6. The Hall–Kier alpha value is -5.69. The molecule has 1 saturated heterocycles. The van der Waals surface area contributed by atoms with Crippen LogP contribution in [0.1, 0.15) is 158 Å². The molecule has 4 saturated carbocycles. The van der Waals surface area contributed by atoms with Crippen LogP contribution in [0.15, 0.2) is 76.7 Å². The van der Waals surface area contributed by atoms with E-state index in [1.165, 1.54) is 26.3 Å². The van der Waals surface area contributed by atoms with Crippen LogP contribution >= 0.6 is 0 Å². The quantitative estimate of drug-likeness (QED) is 0.0444. The van der Waals surface area contributed by atoms with E-state index in [9.17, 15) is 14.4 Å². The molecule has 450 valence electrons. The molecule has 0 spiro atoms. The van der Waals surface area contributed by atoms with Gasteiger partial charge in [-0.3, -0.25) is 24.0 Å². The molecule has 83 heavy (non-hydrogen) atoms. The lowest BCUT2D eigenvalue weighted by Crippen LogP contribution is -3.00. The van der Waals surface area contributed by atoms with Crippen LogP contribution < -0.4 is 27.2 Å². The maximum atomic E-state index is 16.0. The first-order valence-electron chi connectivity index (χ1n) is 31.2. The zero-order chi connectivity index (χ0) is 58.8. The van der Waals surface area contributed by atoms with Crippen LogP contribution in [0.3, 0.4) is 0 Å². The minimum Gasteiger partial charge on any atom is -1.00 e. The molecule has 5 fully saturated rings. The molecule has 6 aliphatic carbocycles. The number of anilines is 1. The van der Waals surface area contributed by atoms with Crippen LogP contribution in [0.4, 0.5) is 5.69 Å². The molecule has 14 heteroatoms. The molecule has 0 N–H and O–H groups in total. The lowest BCUT2D eigenvalue weighted by atomic mass is 9.33. The van der Waals surface area contributed by atoms with Crippen molar-refractivity contribution in [3.05, 3.63) is 83.2 Å². The molecule has 0 radical (unpaired) electrons. The Bertz CT molecular complexity index is 3220. The summed E-state index contributed by atoms with van der Waals surface area (Å²) in [5.41, 5.74) is 4.61. The predicted octanol–water partition coefficient (Wildman–Crippen LogP) is 9.22. The highest BCUT2D eigenvalue weighted by Gasteiger charge is 2.72. The van der Waals surface area contributed by atoms with Gasteiger partial charge in [-0.2, -0.15) is 0 Å². The first-order valence-corrected chi connectivity index (χ1v) is 31.2. The third-order valence-corrected chi connectivity index (χ3v) is 22.7. The van der Waals surface area contributed by atoms with Crippen LogP contribution in [-0.2, 0) is 33.4 Å². The first kappa shape index (κ1) is 61.9. The molecule has 2 aromatic rings. The number of hydrogen-bond acceptors (Lipinski definition) is 10. The van der Waals surface area contributed by atoms with E-state index >= 15 is 9.59 Å². The molecular weight excluding hydrogens is 1060 g/mol. The second-order valence-corrected chi connectivity index (χ2v) is 26.6. The number of carbonyl (C=O) groups is 5. The maximum Gasteiger partial charge on any atom is 0.303 e. The number of fused-ring (bicyclic) bond motifs is 9. The second kappa shape index (κ2) is 23.6. The Labute approximate surface area is 499 Å². The average Bonchev–Trinajstić information content (AvgIpc) is 0.798. The number of rotatable bonds is 12. The smallest absolute Gasteiger partial charge is 0.303 e. The van der Waals surface area contributed by atoms with Gasteiger partial charge in [0, 0.05) is 105 Å². The van der Waals surface area contributed by atoms with Crippen molar-refractivity contribution >= 4 is 46.4 Å². The molecule has 0 unspecified atom stereocenters. The van der Waals surface area contributed by atoms with Gasteiger partial charge in [0.25, 0.3) is 5.91 Å². The summed E-state index contributed by atoms with van der Waals surface area (Å²) >= 11 is 0. The van der Waals surface area contributed by atoms with Crippen molar-refractivity contribution in [2.24, 2.45) is 56.7 Å². The summed E-state index contributed by atoms with van der Waals surface area (Å²) < 4.78 is 27.3. The van der Waals surface area contributed by atoms with Gasteiger partial charge in [0.2, 0.25) is 11.3 Å². The van der Waals surface area contributed by atoms with Gasteiger partial charge >= 0.3 is 17.9 Å². The zero-order valence-corrected chi connectivity index (χ0v) is 52.7. The van der Waals surface area contributed by atoms with Gasteiger partial charge in [0.15, 0.2) is 0 Å². The summed E-state index contributed by atoms with van der Waals surface area (Å²) in [5, 5.41) is 2.05. The van der Waals surface area contributed by atoms with Crippen LogP contribution in [0.2, 0.25) is 0 Å². The highest BCUT2D eigenvalue weighted by molar-refractivity contribution is 6.09. The Morgan fingerprint density at radius 2 is 1.45 bits per heavy atom. The van der Waals surface area contributed by atoms with Gasteiger partial charge in [-0.15, -0.1) is 0 Å². The van der Waals surface area contributed by atoms with Gasteiger partial charge < -0.3 is 45.7 Å². The number of hydrogen-bond donors (Lipinski definition) is 0. The van der Waals surface area contributed by atoms with E-state index in [0.29, 0.717) is 50.5 Å². The van der Waals surface area contributed by atoms with Crippen molar-refractivity contribution in [2.75, 3.05) is 63.9 Å². The van der Waals surface area contributed by atoms with E-state index in [4.69, 9.17) is 18.6 Å². The van der Waals surface area contributed by atoms with Crippen LogP contribution in [0.5, 0.6) is 0 Å². The van der Waals surface area contributed by atoms with Gasteiger partial charge in [-0.05, 0) is 161 Å². The van der Waals surface area contributed by atoms with Crippen LogP contribution in [0, 0.1) is 56.7 Å². The maximum absolute atomic E-state index is 16.0. The first-order chi connectivity index (χ1) is 39.0. The Morgan fingerprint density at radius 3 is 2.13 bits per heavy atom. The number of halogens is 1. The largest absolute Gasteiger partial charge is 1.00 e. The summed E-state index contributed by atoms with van der Waals surface area (Å²) in [5.74, 6) is 0.658. The third kappa shape index (κ3) is 10.3. The third-order valence-electron chi connectivity index (χ3n) is 22.7. The summed E-state index contributed by atoms with van der Waals surface area (Å²) in [7, 11) is 0. The van der Waals surface area contributed by atoms with Crippen molar-refractivity contribution in [1.82, 2.24) is 14.4 Å². The summed E-state index contributed by atoms with van der Waals surface area (Å²) in [6, 6.07) is 21.0. The van der Waals surface area contributed by atoms with E-state index in [2.05, 4.69) is 132 Å². The van der Waals surface area contributed by atoms with E-state index in [1.54, 1.807) is 0 Å². The monoisotopic (exact) mass is 1160 g/mol. The van der Waals surface area contributed by atoms with Gasteiger partial charge in [0.05, 0.1) is 11.5 Å². The number of esters is 3. The molecule has 8 aliphatic rings. The standard InChI is InChI=1S/C69H93N4O9.ClH/c1-14-70(15-2)48-23-25-52-55(39-48)82-56-40-49(71(16-3)17-4)24-26-53(56)60(52)50-21-18-19-22-51(50)63(77)72-35-20-36-73(38-37-72)64(78)69-32-29-43(5)44(6)61(69)54-27-28-59-65(10)41-57(80-46(8)75)62(81-47(9)76)66(11,42-79-45(7)74)58(65)30-31-68(59,13)67(54,12)33-34-69;/h18-19,21-27,39-40,43-44,57-59,61-62H,14-17,20,28-38,41-42H2,1-13H3;1H/q+1;/p-1/t43-,44+,57-,58-,59-,61+,62+,65+,66+,67-,68-,69+;/m1./s1. The summed E-state index contributed by atoms with van der Waals surface area (Å²) in [6.45, 7) is 32.7. The van der Waals surface area contributed by atoms with Crippen molar-refractivity contribution in [1.29, 1.82) is 0 Å². The molecule has 2 heterocycles. The minimum atomic E-state index is -0.816. The molecule has 10 rings (SSSR count). The number of nitrogens with zero attached hydrogens (tertiary/aromatic N) is 4. The van der Waals surface area contributed by atoms with E-state index in [0.717, 1.165) is 116 Å². The normalized spacial score (nSPS) is 32.1. The van der Waals surface area contributed by atoms with Crippen molar-refractivity contribution in [3.63, 3.8) is 0 Å². The van der Waals surface area contributed by atoms with Crippen molar-refractivity contribution in [3.8, 4) is 22.5 Å². The Balaban J connectivity index is 0.00000828. The van der Waals surface area contributed by atoms with Gasteiger partial charge in [-0.1, -0.05) is 71.4 Å². The van der Waals surface area contributed by atoms with E-state index in [-0.39, 0.29) is 70.7 Å². The SMILES string of the molecule is CCN(CC)c1ccc2c(-c3ccccc3C(=O)N3CCCN(C(=O)[C@]45CC[C@@H](C)[C@H](C)[C@H]4C4=CC[C@@H]6[C@@]7(C)C[C@@H](OC(C)=O)[C@H](OC(C)=O)[C@@](C)(COC(C)=O)[C@@H]7CC[C@@]6(C)[C@]4(C)CC5)CC3)c3ccc(=[N+](CC)CC)cc-3oc2c1.[Cl-]. The fourth-order valence-electron chi connectivity index (χ4n) is 18.3. The molecule has 12 atom stereocenters. The minimum absolute atomic E-state index is 0. The molecule has 2 aromatic carbocycles. The summed E-state index contributed by atoms with van der Waals surface area (Å²) in [6.07, 6.45) is 8.33. The topological polar surface area (TPSA) is 139 Å². The highest BCUT2D eigenvalue weighted by Crippen LogP contribution is 2.76. The predicted molar refractivity (Wildman–Crippen MR) is 322 cm³/mol. The molecular formula is C69H93ClN4O9. The fraction of sp³-hybridized carbons (Fsp3) is 0.623. The molecule has 2 amide bonds. The van der Waals surface area contributed by atoms with Crippen LogP contribution in [0.25, 0.3) is 33.4 Å². The van der Waals surface area contributed by atoms with Crippen molar-refractivity contribution < 1.29 is 55.0 Å². The zero-order valence-electron chi connectivity index (χ0n) is 52.0. The number of carbonyl (C=O) groups excluding carboxylic acids is 5. The number of amides is 2. The van der Waals surface area contributed by atoms with Crippen molar-refractivity contribution in [2.45, 2.75) is 160 Å². The summed E-state index contributed by atoms with van der Waals surface area (Å²) in [4.78, 5) is 76.0. The van der Waals surface area contributed by atoms with Crippen LogP contribution in [-0.4, -0.2) is 111 Å². The molecule has 2 aliphatic heterocycles. The number of allylic oxidation sites excluding steroid dienone is 2. The Morgan fingerprint density at radius 1 is 0.747 bits per heavy atom. The number of benzene rings is 3. The molecule has 0 aromatic heterocycles. The van der Waals surface area contributed by atoms with E-state index < -0.39 is 40.9 Å². The highest BCUT2D eigenvalue weighted by atomic mass is 35.5. The second-order valence-electron chi connectivity index (χ2n) is 26.6.